The molecule has 0 amide bonds. The molecule has 1 aliphatic carbocycles. The Hall–Kier alpha value is -2.08. The van der Waals surface area contributed by atoms with Crippen LogP contribution in [0.15, 0.2) is 29.1 Å². The van der Waals surface area contributed by atoms with Gasteiger partial charge in [0.2, 0.25) is 0 Å². The van der Waals surface area contributed by atoms with Crippen LogP contribution in [0.5, 0.6) is 0 Å². The first-order chi connectivity index (χ1) is 12.6. The molecule has 1 aliphatic heterocycles. The van der Waals surface area contributed by atoms with E-state index >= 15 is 0 Å². The smallest absolute Gasteiger partial charge is 0.267 e. The largest absolute Gasteiger partial charge is 0.299 e. The summed E-state index contributed by atoms with van der Waals surface area (Å²) in [6.07, 6.45) is 4.88. The molecule has 0 saturated carbocycles. The van der Waals surface area contributed by atoms with Crippen molar-refractivity contribution in [2.45, 2.75) is 45.2 Å². The quantitative estimate of drug-likeness (QED) is 0.842. The van der Waals surface area contributed by atoms with E-state index in [1.807, 2.05) is 0 Å². The normalized spacial score (nSPS) is 18.2. The first-order valence-corrected chi connectivity index (χ1v) is 9.35. The lowest BCUT2D eigenvalue weighted by molar-refractivity contribution is 0.161. The SMILES string of the molecule is O=c1cc2c(nn1CC1CCN(Cc3cc(F)ccc3F)CC1)CCC2. The average molecular weight is 359 g/mol. The van der Waals surface area contributed by atoms with Crippen LogP contribution in [-0.4, -0.2) is 27.8 Å². The van der Waals surface area contributed by atoms with Gasteiger partial charge < -0.3 is 0 Å². The number of benzene rings is 1. The molecule has 1 saturated heterocycles. The monoisotopic (exact) mass is 359 g/mol. The van der Waals surface area contributed by atoms with Crippen molar-refractivity contribution in [2.75, 3.05) is 13.1 Å². The minimum Gasteiger partial charge on any atom is -0.299 e. The zero-order valence-corrected chi connectivity index (χ0v) is 14.8. The van der Waals surface area contributed by atoms with Crippen molar-refractivity contribution in [3.05, 3.63) is 63.1 Å². The summed E-state index contributed by atoms with van der Waals surface area (Å²) in [5.74, 6) is -0.367. The molecule has 2 heterocycles. The van der Waals surface area contributed by atoms with Crippen LogP contribution in [0.4, 0.5) is 8.78 Å². The predicted octanol–water partition coefficient (Wildman–Crippen LogP) is 2.92. The molecule has 0 bridgehead atoms. The van der Waals surface area contributed by atoms with Gasteiger partial charge in [0.05, 0.1) is 5.69 Å². The lowest BCUT2D eigenvalue weighted by atomic mass is 9.96. The van der Waals surface area contributed by atoms with E-state index in [4.69, 9.17) is 0 Å². The molecule has 1 fully saturated rings. The van der Waals surface area contributed by atoms with Gasteiger partial charge >= 0.3 is 0 Å². The zero-order valence-electron chi connectivity index (χ0n) is 14.8. The highest BCUT2D eigenvalue weighted by atomic mass is 19.1. The fraction of sp³-hybridized carbons (Fsp3) is 0.500. The Labute approximate surface area is 151 Å². The number of piperidine rings is 1. The molecular weight excluding hydrogens is 336 g/mol. The fourth-order valence-corrected chi connectivity index (χ4v) is 4.05. The second-order valence-electron chi connectivity index (χ2n) is 7.45. The molecule has 0 N–H and O–H groups in total. The fourth-order valence-electron chi connectivity index (χ4n) is 4.05. The highest BCUT2D eigenvalue weighted by Crippen LogP contribution is 2.22. The molecule has 1 aromatic heterocycles. The van der Waals surface area contributed by atoms with Crippen LogP contribution in [0, 0.1) is 17.6 Å². The molecule has 0 unspecified atom stereocenters. The van der Waals surface area contributed by atoms with Crippen LogP contribution >= 0.6 is 0 Å². The topological polar surface area (TPSA) is 38.1 Å². The Balaban J connectivity index is 1.35. The molecule has 138 valence electrons. The summed E-state index contributed by atoms with van der Waals surface area (Å²) < 4.78 is 28.7. The first-order valence-electron chi connectivity index (χ1n) is 9.35. The van der Waals surface area contributed by atoms with Gasteiger partial charge in [0.1, 0.15) is 11.6 Å². The maximum absolute atomic E-state index is 13.8. The average Bonchev–Trinajstić information content (AvgIpc) is 3.07. The zero-order chi connectivity index (χ0) is 18.1. The lowest BCUT2D eigenvalue weighted by Gasteiger charge is -2.32. The molecule has 6 heteroatoms. The summed E-state index contributed by atoms with van der Waals surface area (Å²) in [5.41, 5.74) is 2.58. The molecule has 0 atom stereocenters. The van der Waals surface area contributed by atoms with Gasteiger partial charge in [-0.05, 0) is 74.9 Å². The van der Waals surface area contributed by atoms with Crippen LogP contribution in [0.2, 0.25) is 0 Å². The number of rotatable bonds is 4. The maximum Gasteiger partial charge on any atom is 0.267 e. The molecule has 2 aliphatic rings. The highest BCUT2D eigenvalue weighted by Gasteiger charge is 2.22. The summed E-state index contributed by atoms with van der Waals surface area (Å²) in [7, 11) is 0. The molecule has 0 spiro atoms. The Morgan fingerprint density at radius 1 is 1.12 bits per heavy atom. The second-order valence-corrected chi connectivity index (χ2v) is 7.45. The molecule has 0 radical (unpaired) electrons. The van der Waals surface area contributed by atoms with Crippen molar-refractivity contribution in [1.29, 1.82) is 0 Å². The third-order valence-corrected chi connectivity index (χ3v) is 5.56. The number of likely N-dealkylation sites (tertiary alicyclic amines) is 1. The van der Waals surface area contributed by atoms with Gasteiger partial charge in [-0.2, -0.15) is 5.10 Å². The molecule has 4 nitrogen and oxygen atoms in total. The summed E-state index contributed by atoms with van der Waals surface area (Å²) >= 11 is 0. The third kappa shape index (κ3) is 3.70. The summed E-state index contributed by atoms with van der Waals surface area (Å²) in [6.45, 7) is 2.71. The van der Waals surface area contributed by atoms with Crippen molar-refractivity contribution in [3.8, 4) is 0 Å². The van der Waals surface area contributed by atoms with E-state index in [2.05, 4.69) is 10.00 Å². The Bertz CT molecular complexity index is 857. The van der Waals surface area contributed by atoms with E-state index in [1.54, 1.807) is 10.7 Å². The van der Waals surface area contributed by atoms with Gasteiger partial charge in [-0.3, -0.25) is 9.69 Å². The molecule has 2 aromatic rings. The summed E-state index contributed by atoms with van der Waals surface area (Å²) in [5, 5.41) is 4.55. The van der Waals surface area contributed by atoms with Gasteiger partial charge in [-0.15, -0.1) is 0 Å². The van der Waals surface area contributed by atoms with Crippen molar-refractivity contribution >= 4 is 0 Å². The van der Waals surface area contributed by atoms with Gasteiger partial charge in [-0.25, -0.2) is 13.5 Å². The van der Waals surface area contributed by atoms with Gasteiger partial charge in [0, 0.05) is 24.7 Å². The van der Waals surface area contributed by atoms with Crippen molar-refractivity contribution in [2.24, 2.45) is 5.92 Å². The van der Waals surface area contributed by atoms with Gasteiger partial charge in [0.25, 0.3) is 5.56 Å². The molecule has 4 rings (SSSR count). The van der Waals surface area contributed by atoms with Crippen LogP contribution < -0.4 is 5.56 Å². The van der Waals surface area contributed by atoms with Crippen LogP contribution in [0.25, 0.3) is 0 Å². The van der Waals surface area contributed by atoms with Gasteiger partial charge in [0.15, 0.2) is 0 Å². The minimum atomic E-state index is -0.404. The van der Waals surface area contributed by atoms with Crippen LogP contribution in [0.1, 0.15) is 36.1 Å². The Morgan fingerprint density at radius 2 is 1.92 bits per heavy atom. The molecule has 26 heavy (non-hydrogen) atoms. The summed E-state index contributed by atoms with van der Waals surface area (Å²) in [4.78, 5) is 14.4. The Kier molecular flexibility index (Phi) is 4.85. The number of halogens is 2. The number of fused-ring (bicyclic) bond motifs is 1. The van der Waals surface area contributed by atoms with Gasteiger partial charge in [-0.1, -0.05) is 0 Å². The van der Waals surface area contributed by atoms with E-state index in [0.717, 1.165) is 62.5 Å². The second kappa shape index (κ2) is 7.27. The predicted molar refractivity (Wildman–Crippen MR) is 94.9 cm³/mol. The number of aryl methyl sites for hydroxylation is 2. The summed E-state index contributed by atoms with van der Waals surface area (Å²) in [6, 6.07) is 5.35. The van der Waals surface area contributed by atoms with Crippen molar-refractivity contribution in [1.82, 2.24) is 14.7 Å². The molecular formula is C20H23F2N3O. The number of hydrogen-bond donors (Lipinski definition) is 0. The molecule has 1 aromatic carbocycles. The van der Waals surface area contributed by atoms with Crippen molar-refractivity contribution < 1.29 is 8.78 Å². The van der Waals surface area contributed by atoms with E-state index in [1.165, 1.54) is 12.1 Å². The van der Waals surface area contributed by atoms with E-state index < -0.39 is 5.82 Å². The van der Waals surface area contributed by atoms with Crippen molar-refractivity contribution in [3.63, 3.8) is 0 Å². The standard InChI is InChI=1S/C20H23F2N3O/c21-17-4-5-18(22)16(10-17)13-24-8-6-14(7-9-24)12-25-20(26)11-15-2-1-3-19(15)23-25/h4-5,10-11,14H,1-3,6-9,12-13H2. The number of aromatic nitrogens is 2. The van der Waals surface area contributed by atoms with E-state index in [9.17, 15) is 13.6 Å². The van der Waals surface area contributed by atoms with Crippen LogP contribution in [-0.2, 0) is 25.9 Å². The van der Waals surface area contributed by atoms with Crippen LogP contribution in [0.3, 0.4) is 0 Å². The Morgan fingerprint density at radius 3 is 2.73 bits per heavy atom. The number of nitrogens with zero attached hydrogens (tertiary/aromatic N) is 3. The lowest BCUT2D eigenvalue weighted by Crippen LogP contribution is -2.36. The van der Waals surface area contributed by atoms with E-state index in [0.29, 0.717) is 24.6 Å². The highest BCUT2D eigenvalue weighted by molar-refractivity contribution is 5.22. The third-order valence-electron chi connectivity index (χ3n) is 5.56. The minimum absolute atomic E-state index is 0.00471. The maximum atomic E-state index is 13.8. The number of hydrogen-bond acceptors (Lipinski definition) is 3. The van der Waals surface area contributed by atoms with E-state index in [-0.39, 0.29) is 11.4 Å². The first kappa shape index (κ1) is 17.3.